The first-order valence-corrected chi connectivity index (χ1v) is 10.2. The third-order valence-corrected chi connectivity index (χ3v) is 4.39. The number of rotatable bonds is 14. The molecule has 1 unspecified atom stereocenters. The van der Waals surface area contributed by atoms with Crippen LogP contribution >= 0.6 is 0 Å². The zero-order valence-electron chi connectivity index (χ0n) is 15.4. The number of hydrogen-bond acceptors (Lipinski definition) is 6. The van der Waals surface area contributed by atoms with Crippen molar-refractivity contribution in [3.8, 4) is 5.75 Å². The Morgan fingerprint density at radius 1 is 0.962 bits per heavy atom. The van der Waals surface area contributed by atoms with Crippen LogP contribution in [-0.4, -0.2) is 57.2 Å². The SMILES string of the molecule is CCCCCCCCOS(=O)(=O)OC(C)(OCC)Oc1ccccc1.[NaH]. The van der Waals surface area contributed by atoms with Crippen LogP contribution in [0.3, 0.4) is 0 Å². The van der Waals surface area contributed by atoms with E-state index in [0.29, 0.717) is 12.2 Å². The fraction of sp³-hybridized carbons (Fsp3) is 0.667. The van der Waals surface area contributed by atoms with Crippen molar-refractivity contribution in [3.05, 3.63) is 30.3 Å². The molecule has 8 heteroatoms. The molecule has 0 aliphatic carbocycles. The Morgan fingerprint density at radius 3 is 2.19 bits per heavy atom. The first-order valence-electron chi connectivity index (χ1n) is 8.89. The molecular weight excluding hydrogens is 367 g/mol. The Bertz CT molecular complexity index is 566. The predicted molar refractivity (Wildman–Crippen MR) is 104 cm³/mol. The zero-order chi connectivity index (χ0) is 18.6. The number of hydrogen-bond donors (Lipinski definition) is 0. The molecule has 0 saturated heterocycles. The van der Waals surface area contributed by atoms with Gasteiger partial charge in [0.05, 0.1) is 13.2 Å². The fourth-order valence-corrected chi connectivity index (χ4v) is 3.11. The molecule has 1 rings (SSSR count). The summed E-state index contributed by atoms with van der Waals surface area (Å²) < 4.78 is 44.9. The molecule has 1 atom stereocenters. The molecule has 0 radical (unpaired) electrons. The normalized spacial score (nSPS) is 13.7. The molecule has 26 heavy (non-hydrogen) atoms. The monoisotopic (exact) mass is 398 g/mol. The van der Waals surface area contributed by atoms with Crippen molar-refractivity contribution in [2.24, 2.45) is 0 Å². The van der Waals surface area contributed by atoms with Crippen LogP contribution in [0.2, 0.25) is 0 Å². The van der Waals surface area contributed by atoms with Crippen LogP contribution in [0.5, 0.6) is 5.75 Å². The molecule has 0 heterocycles. The Morgan fingerprint density at radius 2 is 1.58 bits per heavy atom. The van der Waals surface area contributed by atoms with Gasteiger partial charge in [0, 0.05) is 6.92 Å². The zero-order valence-corrected chi connectivity index (χ0v) is 16.2. The van der Waals surface area contributed by atoms with E-state index in [1.807, 2.05) is 6.07 Å². The van der Waals surface area contributed by atoms with E-state index in [1.54, 1.807) is 31.2 Å². The van der Waals surface area contributed by atoms with Gasteiger partial charge in [-0.05, 0) is 25.5 Å². The number of unbranched alkanes of at least 4 members (excludes halogenated alkanes) is 5. The molecule has 6 nitrogen and oxygen atoms in total. The van der Waals surface area contributed by atoms with Crippen molar-refractivity contribution < 1.29 is 26.3 Å². The third kappa shape index (κ3) is 11.5. The van der Waals surface area contributed by atoms with E-state index in [2.05, 4.69) is 6.92 Å². The summed E-state index contributed by atoms with van der Waals surface area (Å²) in [7, 11) is -4.23. The van der Waals surface area contributed by atoms with E-state index >= 15 is 0 Å². The van der Waals surface area contributed by atoms with Crippen molar-refractivity contribution in [2.45, 2.75) is 65.3 Å². The first-order chi connectivity index (χ1) is 11.9. The molecule has 1 aromatic rings. The minimum absolute atomic E-state index is 0. The maximum absolute atomic E-state index is 12.0. The van der Waals surface area contributed by atoms with Gasteiger partial charge in [0.1, 0.15) is 5.75 Å². The summed E-state index contributed by atoms with van der Waals surface area (Å²) in [5.41, 5.74) is 0. The van der Waals surface area contributed by atoms with Gasteiger partial charge in [0.2, 0.25) is 0 Å². The average molecular weight is 398 g/mol. The molecule has 0 fully saturated rings. The van der Waals surface area contributed by atoms with Gasteiger partial charge in [0.15, 0.2) is 0 Å². The van der Waals surface area contributed by atoms with Crippen molar-refractivity contribution in [2.75, 3.05) is 13.2 Å². The minimum atomic E-state index is -4.23. The van der Waals surface area contributed by atoms with Gasteiger partial charge in [-0.15, -0.1) is 0 Å². The van der Waals surface area contributed by atoms with Gasteiger partial charge in [0.25, 0.3) is 0 Å². The molecule has 0 N–H and O–H groups in total. The molecule has 0 spiro atoms. The first kappa shape index (κ1) is 25.9. The van der Waals surface area contributed by atoms with Crippen LogP contribution in [0.25, 0.3) is 0 Å². The van der Waals surface area contributed by atoms with E-state index < -0.39 is 16.4 Å². The van der Waals surface area contributed by atoms with Gasteiger partial charge in [-0.25, -0.2) is 4.18 Å². The summed E-state index contributed by atoms with van der Waals surface area (Å²) in [4.78, 5) is 0. The molecule has 0 amide bonds. The Kier molecular flexibility index (Phi) is 13.9. The predicted octanol–water partition coefficient (Wildman–Crippen LogP) is 3.77. The number of para-hydroxylation sites is 1. The third-order valence-electron chi connectivity index (χ3n) is 3.43. The van der Waals surface area contributed by atoms with Gasteiger partial charge in [-0.2, -0.15) is 12.6 Å². The van der Waals surface area contributed by atoms with Gasteiger partial charge >= 0.3 is 45.9 Å². The molecule has 0 saturated carbocycles. The average Bonchev–Trinajstić information content (AvgIpc) is 2.54. The number of ether oxygens (including phenoxy) is 2. The summed E-state index contributed by atoms with van der Waals surface area (Å²) >= 11 is 0. The Hall–Kier alpha value is -0.150. The van der Waals surface area contributed by atoms with E-state index in [4.69, 9.17) is 17.8 Å². The van der Waals surface area contributed by atoms with E-state index in [0.717, 1.165) is 19.3 Å². The second-order valence-corrected chi connectivity index (χ2v) is 7.01. The van der Waals surface area contributed by atoms with E-state index in [-0.39, 0.29) is 42.8 Å². The van der Waals surface area contributed by atoms with Crippen LogP contribution < -0.4 is 4.74 Å². The summed E-state index contributed by atoms with van der Waals surface area (Å²) in [6.45, 7) is 5.58. The van der Waals surface area contributed by atoms with Gasteiger partial charge in [-0.1, -0.05) is 57.2 Å². The molecular formula is C18H31NaO6S. The summed E-state index contributed by atoms with van der Waals surface area (Å²) in [6.07, 6.45) is 6.21. The molecule has 146 valence electrons. The Labute approximate surface area is 180 Å². The second-order valence-electron chi connectivity index (χ2n) is 5.79. The molecule has 1 aromatic carbocycles. The molecule has 0 aromatic heterocycles. The fourth-order valence-electron chi connectivity index (χ4n) is 2.29. The van der Waals surface area contributed by atoms with Crippen LogP contribution in [-0.2, 0) is 23.5 Å². The summed E-state index contributed by atoms with van der Waals surface area (Å²) in [6, 6.07) is 8.73. The van der Waals surface area contributed by atoms with E-state index in [1.165, 1.54) is 19.8 Å². The topological polar surface area (TPSA) is 71.1 Å². The second kappa shape index (κ2) is 13.9. The van der Waals surface area contributed by atoms with Crippen LogP contribution in [0.15, 0.2) is 30.3 Å². The molecule has 0 aliphatic rings. The molecule has 0 aliphatic heterocycles. The van der Waals surface area contributed by atoms with Crippen LogP contribution in [0, 0.1) is 0 Å². The van der Waals surface area contributed by atoms with Crippen LogP contribution in [0.4, 0.5) is 0 Å². The van der Waals surface area contributed by atoms with E-state index in [9.17, 15) is 8.42 Å². The standard InChI is InChI=1S/C18H30O6S.Na.H/c1-4-6-7-8-9-13-16-22-25(19,20)24-18(3,21-5-2)23-17-14-11-10-12-15-17;;/h10-12,14-15H,4-9,13,16H2,1-3H3;;. The molecule has 0 bridgehead atoms. The van der Waals surface area contributed by atoms with Crippen molar-refractivity contribution >= 4 is 40.0 Å². The summed E-state index contributed by atoms with van der Waals surface area (Å²) in [5.74, 6) is -1.35. The quantitative estimate of drug-likeness (QED) is 0.270. The van der Waals surface area contributed by atoms with Crippen molar-refractivity contribution in [1.29, 1.82) is 0 Å². The van der Waals surface area contributed by atoms with Gasteiger partial charge < -0.3 is 9.47 Å². The van der Waals surface area contributed by atoms with Crippen molar-refractivity contribution in [1.82, 2.24) is 0 Å². The number of benzene rings is 1. The maximum atomic E-state index is 12.0. The van der Waals surface area contributed by atoms with Crippen molar-refractivity contribution in [3.63, 3.8) is 0 Å². The Balaban J connectivity index is 0.00000625. The van der Waals surface area contributed by atoms with Crippen LogP contribution in [0.1, 0.15) is 59.3 Å². The van der Waals surface area contributed by atoms with Gasteiger partial charge in [-0.3, -0.25) is 0 Å². The summed E-state index contributed by atoms with van der Waals surface area (Å²) in [5, 5.41) is 0.